The van der Waals surface area contributed by atoms with Crippen LogP contribution in [-0.4, -0.2) is 9.55 Å². The molecule has 0 unspecified atom stereocenters. The van der Waals surface area contributed by atoms with Crippen molar-refractivity contribution in [3.8, 4) is 5.69 Å². The van der Waals surface area contributed by atoms with Gasteiger partial charge in [0.25, 0.3) is 5.56 Å². The van der Waals surface area contributed by atoms with Crippen LogP contribution in [0.1, 0.15) is 0 Å². The number of hydrogen-bond acceptors (Lipinski definition) is 3. The lowest BCUT2D eigenvalue weighted by Gasteiger charge is -2.07. The number of rotatable bonds is 1. The molecule has 0 saturated heterocycles. The molecule has 0 amide bonds. The third kappa shape index (κ3) is 1.85. The number of anilines is 1. The first kappa shape index (κ1) is 9.73. The molecule has 1 aromatic heterocycles. The SMILES string of the molecule is Nc1cn(-c2ccccc2Cl)cnc1=O. The zero-order valence-corrected chi connectivity index (χ0v) is 8.48. The number of hydrogen-bond donors (Lipinski definition) is 1. The lowest BCUT2D eigenvalue weighted by Crippen LogP contribution is -2.14. The van der Waals surface area contributed by atoms with Crippen LogP contribution in [0.5, 0.6) is 0 Å². The van der Waals surface area contributed by atoms with E-state index in [1.54, 1.807) is 10.6 Å². The van der Waals surface area contributed by atoms with E-state index in [-0.39, 0.29) is 5.69 Å². The minimum atomic E-state index is -0.432. The normalized spacial score (nSPS) is 10.2. The van der Waals surface area contributed by atoms with E-state index >= 15 is 0 Å². The van der Waals surface area contributed by atoms with E-state index in [1.165, 1.54) is 12.5 Å². The summed E-state index contributed by atoms with van der Waals surface area (Å²) in [6.45, 7) is 0. The molecule has 5 heteroatoms. The summed E-state index contributed by atoms with van der Waals surface area (Å²) < 4.78 is 1.61. The Bertz CT molecular complexity index is 550. The Morgan fingerprint density at radius 3 is 2.73 bits per heavy atom. The molecule has 1 heterocycles. The predicted octanol–water partition coefficient (Wildman–Crippen LogP) is 1.47. The molecule has 0 aliphatic carbocycles. The molecule has 0 atom stereocenters. The van der Waals surface area contributed by atoms with Crippen molar-refractivity contribution >= 4 is 17.3 Å². The average molecular weight is 222 g/mol. The summed E-state index contributed by atoms with van der Waals surface area (Å²) in [5.74, 6) is 0. The van der Waals surface area contributed by atoms with Gasteiger partial charge in [0.1, 0.15) is 12.0 Å². The average Bonchev–Trinajstić information content (AvgIpc) is 2.23. The van der Waals surface area contributed by atoms with Gasteiger partial charge >= 0.3 is 0 Å². The summed E-state index contributed by atoms with van der Waals surface area (Å²) in [5, 5.41) is 0.572. The smallest absolute Gasteiger partial charge is 0.295 e. The molecule has 0 aliphatic rings. The Morgan fingerprint density at radius 1 is 1.33 bits per heavy atom. The van der Waals surface area contributed by atoms with Gasteiger partial charge in [0.2, 0.25) is 0 Å². The van der Waals surface area contributed by atoms with E-state index in [2.05, 4.69) is 4.98 Å². The maximum Gasteiger partial charge on any atom is 0.295 e. The third-order valence-electron chi connectivity index (χ3n) is 1.96. The van der Waals surface area contributed by atoms with E-state index in [1.807, 2.05) is 18.2 Å². The number of benzene rings is 1. The first-order valence-corrected chi connectivity index (χ1v) is 4.65. The standard InChI is InChI=1S/C10H8ClN3O/c11-7-3-1-2-4-9(7)14-5-8(12)10(15)13-6-14/h1-6H,12H2. The van der Waals surface area contributed by atoms with Crippen molar-refractivity contribution in [2.75, 3.05) is 5.73 Å². The maximum atomic E-state index is 11.0. The molecule has 0 saturated carbocycles. The third-order valence-corrected chi connectivity index (χ3v) is 2.27. The molecule has 76 valence electrons. The van der Waals surface area contributed by atoms with Crippen LogP contribution in [0.15, 0.2) is 41.6 Å². The van der Waals surface area contributed by atoms with Crippen LogP contribution in [0.3, 0.4) is 0 Å². The molecule has 1 aromatic carbocycles. The highest BCUT2D eigenvalue weighted by molar-refractivity contribution is 6.32. The summed E-state index contributed by atoms with van der Waals surface area (Å²) in [7, 11) is 0. The van der Waals surface area contributed by atoms with Crippen molar-refractivity contribution in [1.29, 1.82) is 0 Å². The van der Waals surface area contributed by atoms with E-state index < -0.39 is 5.56 Å². The fourth-order valence-corrected chi connectivity index (χ4v) is 1.45. The number of aromatic nitrogens is 2. The van der Waals surface area contributed by atoms with Gasteiger partial charge < -0.3 is 10.3 Å². The van der Waals surface area contributed by atoms with Crippen molar-refractivity contribution in [3.63, 3.8) is 0 Å². The van der Waals surface area contributed by atoms with Crippen molar-refractivity contribution in [3.05, 3.63) is 52.2 Å². The van der Waals surface area contributed by atoms with Gasteiger partial charge in [-0.2, -0.15) is 4.98 Å². The molecule has 2 aromatic rings. The first-order chi connectivity index (χ1) is 7.18. The van der Waals surface area contributed by atoms with Gasteiger partial charge in [0.05, 0.1) is 10.7 Å². The predicted molar refractivity (Wildman–Crippen MR) is 59.3 cm³/mol. The number of halogens is 1. The summed E-state index contributed by atoms with van der Waals surface area (Å²) in [4.78, 5) is 14.6. The minimum absolute atomic E-state index is 0.0948. The van der Waals surface area contributed by atoms with E-state index in [9.17, 15) is 4.79 Å². The highest BCUT2D eigenvalue weighted by Crippen LogP contribution is 2.18. The summed E-state index contributed by atoms with van der Waals surface area (Å²) in [6.07, 6.45) is 2.89. The van der Waals surface area contributed by atoms with E-state index in [0.717, 1.165) is 5.69 Å². The Morgan fingerprint density at radius 2 is 2.07 bits per heavy atom. The molecule has 4 nitrogen and oxygen atoms in total. The monoisotopic (exact) mass is 221 g/mol. The highest BCUT2D eigenvalue weighted by atomic mass is 35.5. The van der Waals surface area contributed by atoms with Crippen molar-refractivity contribution < 1.29 is 0 Å². The topological polar surface area (TPSA) is 60.9 Å². The fraction of sp³-hybridized carbons (Fsp3) is 0. The van der Waals surface area contributed by atoms with E-state index in [4.69, 9.17) is 17.3 Å². The first-order valence-electron chi connectivity index (χ1n) is 4.27. The molecule has 2 rings (SSSR count). The molecule has 15 heavy (non-hydrogen) atoms. The molecule has 0 aliphatic heterocycles. The molecular weight excluding hydrogens is 214 g/mol. The highest BCUT2D eigenvalue weighted by Gasteiger charge is 2.02. The van der Waals surface area contributed by atoms with Crippen LogP contribution < -0.4 is 11.3 Å². The minimum Gasteiger partial charge on any atom is -0.393 e. The molecule has 0 fully saturated rings. The number of nitrogens with zero attached hydrogens (tertiary/aromatic N) is 2. The summed E-state index contributed by atoms with van der Waals surface area (Å²) in [6, 6.07) is 7.24. The van der Waals surface area contributed by atoms with Crippen LogP contribution >= 0.6 is 11.6 Å². The van der Waals surface area contributed by atoms with Gasteiger partial charge in [-0.1, -0.05) is 23.7 Å². The van der Waals surface area contributed by atoms with Crippen LogP contribution in [0, 0.1) is 0 Å². The largest absolute Gasteiger partial charge is 0.393 e. The Hall–Kier alpha value is -1.81. The van der Waals surface area contributed by atoms with Crippen molar-refractivity contribution in [2.45, 2.75) is 0 Å². The zero-order valence-electron chi connectivity index (χ0n) is 7.72. The molecular formula is C10H8ClN3O. The van der Waals surface area contributed by atoms with Gasteiger partial charge in [0.15, 0.2) is 0 Å². The van der Waals surface area contributed by atoms with Gasteiger partial charge in [-0.3, -0.25) is 4.79 Å². The van der Waals surface area contributed by atoms with Crippen LogP contribution in [-0.2, 0) is 0 Å². The maximum absolute atomic E-state index is 11.0. The van der Waals surface area contributed by atoms with Crippen LogP contribution in [0.25, 0.3) is 5.69 Å². The van der Waals surface area contributed by atoms with Crippen LogP contribution in [0.4, 0.5) is 5.69 Å². The Kier molecular flexibility index (Phi) is 2.43. The number of para-hydroxylation sites is 1. The van der Waals surface area contributed by atoms with Crippen molar-refractivity contribution in [1.82, 2.24) is 9.55 Å². The van der Waals surface area contributed by atoms with Gasteiger partial charge in [-0.25, -0.2) is 0 Å². The fourth-order valence-electron chi connectivity index (χ4n) is 1.22. The van der Waals surface area contributed by atoms with Crippen molar-refractivity contribution in [2.24, 2.45) is 0 Å². The van der Waals surface area contributed by atoms with Gasteiger partial charge in [-0.15, -0.1) is 0 Å². The van der Waals surface area contributed by atoms with Gasteiger partial charge in [-0.05, 0) is 12.1 Å². The second kappa shape index (κ2) is 3.74. The lowest BCUT2D eigenvalue weighted by molar-refractivity contribution is 0.968. The zero-order chi connectivity index (χ0) is 10.8. The van der Waals surface area contributed by atoms with Gasteiger partial charge in [0, 0.05) is 6.20 Å². The quantitative estimate of drug-likeness (QED) is 0.793. The lowest BCUT2D eigenvalue weighted by atomic mass is 10.3. The molecule has 0 bridgehead atoms. The summed E-state index contributed by atoms with van der Waals surface area (Å²) in [5.41, 5.74) is 5.87. The second-order valence-electron chi connectivity index (χ2n) is 2.99. The van der Waals surface area contributed by atoms with Crippen LogP contribution in [0.2, 0.25) is 5.02 Å². The number of nitrogen functional groups attached to an aromatic ring is 1. The van der Waals surface area contributed by atoms with E-state index in [0.29, 0.717) is 5.02 Å². The number of nitrogens with two attached hydrogens (primary N) is 1. The molecule has 0 radical (unpaired) electrons. The molecule has 2 N–H and O–H groups in total. The summed E-state index contributed by atoms with van der Waals surface area (Å²) >= 11 is 5.98. The second-order valence-corrected chi connectivity index (χ2v) is 3.40. The Balaban J connectivity index is 2.60. The molecule has 0 spiro atoms. The Labute approximate surface area is 90.9 Å².